The number of benzene rings is 2. The SMILES string of the molecule is CNCCC1(Oc2ccc3ccccc3c2Br)CCC1. The molecule has 1 fully saturated rings. The summed E-state index contributed by atoms with van der Waals surface area (Å²) in [7, 11) is 2.00. The molecule has 0 bridgehead atoms. The molecule has 0 heterocycles. The highest BCUT2D eigenvalue weighted by Gasteiger charge is 2.39. The van der Waals surface area contributed by atoms with Crippen molar-refractivity contribution in [2.45, 2.75) is 31.3 Å². The number of hydrogen-bond donors (Lipinski definition) is 1. The quantitative estimate of drug-likeness (QED) is 0.868. The Balaban J connectivity index is 1.88. The molecule has 0 atom stereocenters. The van der Waals surface area contributed by atoms with Crippen LogP contribution in [0.15, 0.2) is 40.9 Å². The van der Waals surface area contributed by atoms with Gasteiger partial charge in [0, 0.05) is 0 Å². The molecule has 1 N–H and O–H groups in total. The van der Waals surface area contributed by atoms with E-state index < -0.39 is 0 Å². The summed E-state index contributed by atoms with van der Waals surface area (Å²) < 4.78 is 7.47. The minimum absolute atomic E-state index is 0.0357. The molecule has 20 heavy (non-hydrogen) atoms. The van der Waals surface area contributed by atoms with Gasteiger partial charge in [-0.2, -0.15) is 0 Å². The summed E-state index contributed by atoms with van der Waals surface area (Å²) in [4.78, 5) is 0. The highest BCUT2D eigenvalue weighted by Crippen LogP contribution is 2.42. The van der Waals surface area contributed by atoms with E-state index >= 15 is 0 Å². The van der Waals surface area contributed by atoms with Crippen molar-refractivity contribution in [1.29, 1.82) is 0 Å². The first kappa shape index (κ1) is 13.9. The number of rotatable bonds is 5. The lowest BCUT2D eigenvalue weighted by molar-refractivity contribution is -0.0143. The molecule has 0 unspecified atom stereocenters. The van der Waals surface area contributed by atoms with E-state index in [0.29, 0.717) is 0 Å². The van der Waals surface area contributed by atoms with Gasteiger partial charge in [-0.25, -0.2) is 0 Å². The molecule has 2 aromatic carbocycles. The first-order chi connectivity index (χ1) is 9.74. The smallest absolute Gasteiger partial charge is 0.134 e. The van der Waals surface area contributed by atoms with E-state index in [1.807, 2.05) is 7.05 Å². The Morgan fingerprint density at radius 1 is 1.20 bits per heavy atom. The number of nitrogens with one attached hydrogen (secondary N) is 1. The lowest BCUT2D eigenvalue weighted by Crippen LogP contribution is -2.45. The van der Waals surface area contributed by atoms with Gasteiger partial charge < -0.3 is 10.1 Å². The van der Waals surface area contributed by atoms with Crippen LogP contribution in [0.2, 0.25) is 0 Å². The highest BCUT2D eigenvalue weighted by atomic mass is 79.9. The Hall–Kier alpha value is -1.06. The Bertz CT molecular complexity index is 607. The maximum absolute atomic E-state index is 6.39. The van der Waals surface area contributed by atoms with E-state index in [9.17, 15) is 0 Å². The van der Waals surface area contributed by atoms with Crippen molar-refractivity contribution >= 4 is 26.7 Å². The van der Waals surface area contributed by atoms with Crippen molar-refractivity contribution in [3.05, 3.63) is 40.9 Å². The molecular formula is C17H20BrNO. The minimum atomic E-state index is 0.0357. The van der Waals surface area contributed by atoms with Crippen molar-refractivity contribution < 1.29 is 4.74 Å². The molecule has 2 nitrogen and oxygen atoms in total. The molecule has 0 aromatic heterocycles. The van der Waals surface area contributed by atoms with Gasteiger partial charge in [0.2, 0.25) is 0 Å². The maximum atomic E-state index is 6.39. The van der Waals surface area contributed by atoms with Crippen LogP contribution in [0.3, 0.4) is 0 Å². The van der Waals surface area contributed by atoms with Gasteiger partial charge in [-0.3, -0.25) is 0 Å². The number of fused-ring (bicyclic) bond motifs is 1. The van der Waals surface area contributed by atoms with Crippen LogP contribution in [0, 0.1) is 0 Å². The molecule has 0 aliphatic heterocycles. The molecule has 1 aliphatic rings. The molecule has 0 amide bonds. The Labute approximate surface area is 128 Å². The third kappa shape index (κ3) is 2.57. The fourth-order valence-corrected chi connectivity index (χ4v) is 3.43. The molecular weight excluding hydrogens is 314 g/mol. The predicted molar refractivity (Wildman–Crippen MR) is 87.4 cm³/mol. The van der Waals surface area contributed by atoms with Gasteiger partial charge in [0.25, 0.3) is 0 Å². The fraction of sp³-hybridized carbons (Fsp3) is 0.412. The maximum Gasteiger partial charge on any atom is 0.134 e. The monoisotopic (exact) mass is 333 g/mol. The van der Waals surface area contributed by atoms with Gasteiger partial charge in [-0.1, -0.05) is 30.3 Å². The summed E-state index contributed by atoms with van der Waals surface area (Å²) in [6.45, 7) is 1.01. The molecule has 3 rings (SSSR count). The minimum Gasteiger partial charge on any atom is -0.486 e. The van der Waals surface area contributed by atoms with Crippen LogP contribution in [-0.2, 0) is 0 Å². The Kier molecular flexibility index (Phi) is 3.99. The summed E-state index contributed by atoms with van der Waals surface area (Å²) in [5, 5.41) is 5.69. The van der Waals surface area contributed by atoms with E-state index in [1.165, 1.54) is 17.2 Å². The van der Waals surface area contributed by atoms with Crippen molar-refractivity contribution in [3.63, 3.8) is 0 Å². The standard InChI is InChI=1S/C17H20BrNO/c1-19-12-11-17(9-4-10-17)20-15-8-7-13-5-2-3-6-14(13)16(15)18/h2-3,5-8,19H,4,9-12H2,1H3. The average molecular weight is 334 g/mol. The zero-order valence-corrected chi connectivity index (χ0v) is 13.4. The molecule has 2 aromatic rings. The molecule has 3 heteroatoms. The highest BCUT2D eigenvalue weighted by molar-refractivity contribution is 9.10. The number of halogens is 1. The van der Waals surface area contributed by atoms with E-state index in [1.54, 1.807) is 0 Å². The average Bonchev–Trinajstić information content (AvgIpc) is 2.44. The first-order valence-corrected chi connectivity index (χ1v) is 8.04. The molecule has 1 aliphatic carbocycles. The Morgan fingerprint density at radius 3 is 2.70 bits per heavy atom. The molecule has 0 saturated heterocycles. The summed E-state index contributed by atoms with van der Waals surface area (Å²) in [6.07, 6.45) is 4.67. The van der Waals surface area contributed by atoms with E-state index in [4.69, 9.17) is 4.74 Å². The fourth-order valence-electron chi connectivity index (χ4n) is 2.85. The van der Waals surface area contributed by atoms with Gasteiger partial charge in [0.05, 0.1) is 4.47 Å². The summed E-state index contributed by atoms with van der Waals surface area (Å²) in [5.41, 5.74) is 0.0357. The zero-order chi connectivity index (χ0) is 14.0. The second-order valence-electron chi connectivity index (χ2n) is 5.59. The number of ether oxygens (including phenoxy) is 1. The molecule has 106 valence electrons. The van der Waals surface area contributed by atoms with Crippen LogP contribution in [0.4, 0.5) is 0 Å². The van der Waals surface area contributed by atoms with Crippen LogP contribution in [0.1, 0.15) is 25.7 Å². The third-order valence-electron chi connectivity index (χ3n) is 4.25. The predicted octanol–water partition coefficient (Wildman–Crippen LogP) is 4.51. The van der Waals surface area contributed by atoms with Crippen LogP contribution in [0.5, 0.6) is 5.75 Å². The van der Waals surface area contributed by atoms with Gasteiger partial charge in [0.15, 0.2) is 0 Å². The second-order valence-corrected chi connectivity index (χ2v) is 6.38. The lowest BCUT2D eigenvalue weighted by Gasteiger charge is -2.42. The second kappa shape index (κ2) is 5.74. The zero-order valence-electron chi connectivity index (χ0n) is 11.8. The normalized spacial score (nSPS) is 16.9. The van der Waals surface area contributed by atoms with E-state index in [0.717, 1.165) is 36.0 Å². The van der Waals surface area contributed by atoms with Gasteiger partial charge in [-0.15, -0.1) is 0 Å². The van der Waals surface area contributed by atoms with Crippen LogP contribution in [0.25, 0.3) is 10.8 Å². The largest absolute Gasteiger partial charge is 0.486 e. The van der Waals surface area contributed by atoms with Crippen LogP contribution >= 0.6 is 15.9 Å². The van der Waals surface area contributed by atoms with Gasteiger partial charge in [-0.05, 0) is 72.0 Å². The Morgan fingerprint density at radius 2 is 2.00 bits per heavy atom. The first-order valence-electron chi connectivity index (χ1n) is 7.25. The van der Waals surface area contributed by atoms with Crippen molar-refractivity contribution in [1.82, 2.24) is 5.32 Å². The third-order valence-corrected chi connectivity index (χ3v) is 5.07. The van der Waals surface area contributed by atoms with Gasteiger partial charge >= 0.3 is 0 Å². The van der Waals surface area contributed by atoms with Crippen LogP contribution < -0.4 is 10.1 Å². The van der Waals surface area contributed by atoms with Crippen molar-refractivity contribution in [3.8, 4) is 5.75 Å². The molecule has 0 radical (unpaired) electrons. The van der Waals surface area contributed by atoms with Crippen molar-refractivity contribution in [2.24, 2.45) is 0 Å². The summed E-state index contributed by atoms with van der Waals surface area (Å²) in [6, 6.07) is 12.6. The van der Waals surface area contributed by atoms with Crippen molar-refractivity contribution in [2.75, 3.05) is 13.6 Å². The lowest BCUT2D eigenvalue weighted by atomic mass is 9.77. The van der Waals surface area contributed by atoms with E-state index in [2.05, 4.69) is 57.6 Å². The summed E-state index contributed by atoms with van der Waals surface area (Å²) >= 11 is 3.72. The van der Waals surface area contributed by atoms with Gasteiger partial charge in [0.1, 0.15) is 11.4 Å². The molecule has 1 saturated carbocycles. The molecule has 0 spiro atoms. The summed E-state index contributed by atoms with van der Waals surface area (Å²) in [5.74, 6) is 0.972. The van der Waals surface area contributed by atoms with E-state index in [-0.39, 0.29) is 5.60 Å². The topological polar surface area (TPSA) is 21.3 Å². The van der Waals surface area contributed by atoms with Crippen LogP contribution in [-0.4, -0.2) is 19.2 Å². The number of hydrogen-bond acceptors (Lipinski definition) is 2.